The Bertz CT molecular complexity index is 254. The zero-order chi connectivity index (χ0) is 9.14. The number of halogens is 4. The first-order valence-electron chi connectivity index (χ1n) is 3.00. The van der Waals surface area contributed by atoms with E-state index in [1.165, 1.54) is 0 Å². The van der Waals surface area contributed by atoms with Crippen molar-refractivity contribution in [3.8, 4) is 0 Å². The molecule has 0 unspecified atom stereocenters. The van der Waals surface area contributed by atoms with Crippen LogP contribution in [-0.4, -0.2) is 5.76 Å². The van der Waals surface area contributed by atoms with E-state index in [9.17, 15) is 17.6 Å². The first-order valence-corrected chi connectivity index (χ1v) is 3.88. The van der Waals surface area contributed by atoms with Gasteiger partial charge in [0.25, 0.3) is 5.76 Å². The van der Waals surface area contributed by atoms with Gasteiger partial charge in [0.1, 0.15) is 11.6 Å². The number of thioether (sulfide) groups is 1. The number of benzene rings is 1. The predicted octanol–water partition coefficient (Wildman–Crippen LogP) is 3.28. The summed E-state index contributed by atoms with van der Waals surface area (Å²) in [6.07, 6.45) is 0. The van der Waals surface area contributed by atoms with E-state index in [-0.39, 0.29) is 11.8 Å². The fourth-order valence-electron chi connectivity index (χ4n) is 0.684. The van der Waals surface area contributed by atoms with E-state index < -0.39 is 22.3 Å². The van der Waals surface area contributed by atoms with E-state index >= 15 is 0 Å². The van der Waals surface area contributed by atoms with Gasteiger partial charge in [0, 0.05) is 0 Å². The van der Waals surface area contributed by atoms with Crippen molar-refractivity contribution >= 4 is 11.8 Å². The summed E-state index contributed by atoms with van der Waals surface area (Å²) in [7, 11) is 0. The van der Waals surface area contributed by atoms with Gasteiger partial charge in [-0.1, -0.05) is 6.07 Å². The Labute approximate surface area is 70.6 Å². The lowest BCUT2D eigenvalue weighted by molar-refractivity contribution is 0.251. The molecule has 0 aliphatic heterocycles. The van der Waals surface area contributed by atoms with Crippen molar-refractivity contribution in [2.75, 3.05) is 0 Å². The van der Waals surface area contributed by atoms with Crippen LogP contribution in [0.2, 0.25) is 0 Å². The molecule has 0 heterocycles. The molecule has 0 nitrogen and oxygen atoms in total. The molecular weight excluding hydrogens is 192 g/mol. The van der Waals surface area contributed by atoms with Gasteiger partial charge in [0.05, 0.1) is 4.90 Å². The third-order valence-electron chi connectivity index (χ3n) is 1.13. The van der Waals surface area contributed by atoms with Crippen molar-refractivity contribution in [2.24, 2.45) is 0 Å². The maximum atomic E-state index is 12.6. The summed E-state index contributed by atoms with van der Waals surface area (Å²) in [5, 5.41) is 0. The van der Waals surface area contributed by atoms with E-state index in [1.807, 2.05) is 0 Å². The maximum Gasteiger partial charge on any atom is 0.289 e. The fourth-order valence-corrected chi connectivity index (χ4v) is 1.22. The summed E-state index contributed by atoms with van der Waals surface area (Å²) >= 11 is -0.132. The quantitative estimate of drug-likeness (QED) is 0.516. The number of hydrogen-bond acceptors (Lipinski definition) is 1. The first kappa shape index (κ1) is 9.38. The molecule has 0 aliphatic carbocycles. The Hall–Kier alpha value is -0.710. The highest BCUT2D eigenvalue weighted by Gasteiger charge is 2.14. The van der Waals surface area contributed by atoms with Crippen LogP contribution in [0.1, 0.15) is 0 Å². The third-order valence-corrected chi connectivity index (χ3v) is 1.93. The summed E-state index contributed by atoms with van der Waals surface area (Å²) < 4.78 is 48.7. The van der Waals surface area contributed by atoms with Crippen molar-refractivity contribution < 1.29 is 17.6 Å². The van der Waals surface area contributed by atoms with Gasteiger partial charge in [0.2, 0.25) is 0 Å². The molecule has 0 bridgehead atoms. The Morgan fingerprint density at radius 2 is 1.58 bits per heavy atom. The molecule has 0 aliphatic rings. The van der Waals surface area contributed by atoms with Gasteiger partial charge in [-0.05, 0) is 23.9 Å². The molecule has 0 fully saturated rings. The average molecular weight is 196 g/mol. The van der Waals surface area contributed by atoms with Gasteiger partial charge >= 0.3 is 0 Å². The van der Waals surface area contributed by atoms with Crippen molar-refractivity contribution in [1.29, 1.82) is 0 Å². The molecule has 66 valence electrons. The molecule has 1 rings (SSSR count). The van der Waals surface area contributed by atoms with Gasteiger partial charge in [-0.2, -0.15) is 8.78 Å². The summed E-state index contributed by atoms with van der Waals surface area (Å²) in [4.78, 5) is -0.632. The van der Waals surface area contributed by atoms with Crippen LogP contribution in [0.25, 0.3) is 0 Å². The number of alkyl halides is 2. The molecule has 0 radical (unpaired) electrons. The van der Waals surface area contributed by atoms with E-state index in [4.69, 9.17) is 0 Å². The normalized spacial score (nSPS) is 10.8. The monoisotopic (exact) mass is 196 g/mol. The molecule has 1 aromatic rings. The molecule has 0 atom stereocenters. The number of rotatable bonds is 2. The van der Waals surface area contributed by atoms with Crippen LogP contribution < -0.4 is 0 Å². The highest BCUT2D eigenvalue weighted by Crippen LogP contribution is 2.29. The molecule has 1 aromatic carbocycles. The second kappa shape index (κ2) is 3.80. The Morgan fingerprint density at radius 1 is 1.08 bits per heavy atom. The number of hydrogen-bond donors (Lipinski definition) is 0. The fraction of sp³-hybridized carbons (Fsp3) is 0.143. The van der Waals surface area contributed by atoms with Crippen molar-refractivity contribution in [3.05, 3.63) is 29.8 Å². The van der Waals surface area contributed by atoms with E-state index in [0.29, 0.717) is 0 Å². The average Bonchev–Trinajstić information content (AvgIpc) is 1.97. The van der Waals surface area contributed by atoms with Gasteiger partial charge in [0.15, 0.2) is 0 Å². The van der Waals surface area contributed by atoms with E-state index in [0.717, 1.165) is 18.2 Å². The molecule has 0 amide bonds. The highest BCUT2D eigenvalue weighted by atomic mass is 32.2. The SMILES string of the molecule is Fc1cccc(F)c1SC(F)F. The van der Waals surface area contributed by atoms with Crippen LogP contribution >= 0.6 is 11.8 Å². The molecule has 0 saturated heterocycles. The Balaban J connectivity index is 2.96. The standard InChI is InChI=1S/C7H4F4S/c8-4-2-1-3-5(9)6(4)12-7(10)11/h1-3,7H. The van der Waals surface area contributed by atoms with Crippen molar-refractivity contribution in [1.82, 2.24) is 0 Å². The van der Waals surface area contributed by atoms with Crippen LogP contribution in [0.5, 0.6) is 0 Å². The van der Waals surface area contributed by atoms with Crippen LogP contribution in [0, 0.1) is 11.6 Å². The van der Waals surface area contributed by atoms with E-state index in [1.54, 1.807) is 0 Å². The minimum absolute atomic E-state index is 0.132. The summed E-state index contributed by atoms with van der Waals surface area (Å²) in [6.45, 7) is 0. The zero-order valence-corrected chi connectivity index (χ0v) is 6.55. The zero-order valence-electron chi connectivity index (χ0n) is 5.73. The third kappa shape index (κ3) is 2.14. The summed E-state index contributed by atoms with van der Waals surface area (Å²) in [5.74, 6) is -4.72. The molecule has 0 spiro atoms. The highest BCUT2D eigenvalue weighted by molar-refractivity contribution is 7.99. The van der Waals surface area contributed by atoms with Gasteiger partial charge in [-0.15, -0.1) is 0 Å². The Kier molecular flexibility index (Phi) is 2.97. The lowest BCUT2D eigenvalue weighted by atomic mass is 10.3. The summed E-state index contributed by atoms with van der Waals surface area (Å²) in [6, 6.07) is 3.00. The second-order valence-corrected chi connectivity index (χ2v) is 2.93. The van der Waals surface area contributed by atoms with Crippen molar-refractivity contribution in [3.63, 3.8) is 0 Å². The predicted molar refractivity (Wildman–Crippen MR) is 38.2 cm³/mol. The smallest absolute Gasteiger partial charge is 0.206 e. The minimum atomic E-state index is -2.81. The lowest BCUT2D eigenvalue weighted by Gasteiger charge is -2.01. The first-order chi connectivity index (χ1) is 5.61. The van der Waals surface area contributed by atoms with E-state index in [2.05, 4.69) is 0 Å². The van der Waals surface area contributed by atoms with Crippen LogP contribution in [0.15, 0.2) is 23.1 Å². The minimum Gasteiger partial charge on any atom is -0.206 e. The van der Waals surface area contributed by atoms with Gasteiger partial charge in [-0.3, -0.25) is 0 Å². The molecule has 0 N–H and O–H groups in total. The van der Waals surface area contributed by atoms with Crippen LogP contribution in [0.3, 0.4) is 0 Å². The lowest BCUT2D eigenvalue weighted by Crippen LogP contribution is -1.90. The second-order valence-electron chi connectivity index (χ2n) is 1.93. The molecular formula is C7H4F4S. The maximum absolute atomic E-state index is 12.6. The topological polar surface area (TPSA) is 0 Å². The van der Waals surface area contributed by atoms with Crippen LogP contribution in [0.4, 0.5) is 17.6 Å². The Morgan fingerprint density at radius 3 is 2.00 bits per heavy atom. The van der Waals surface area contributed by atoms with Gasteiger partial charge < -0.3 is 0 Å². The molecule has 5 heteroatoms. The largest absolute Gasteiger partial charge is 0.289 e. The van der Waals surface area contributed by atoms with Gasteiger partial charge in [-0.25, -0.2) is 8.78 Å². The van der Waals surface area contributed by atoms with Crippen molar-refractivity contribution in [2.45, 2.75) is 10.7 Å². The molecule has 12 heavy (non-hydrogen) atoms. The summed E-state index contributed by atoms with van der Waals surface area (Å²) in [5.41, 5.74) is 0. The molecule has 0 saturated carbocycles. The van der Waals surface area contributed by atoms with Crippen LogP contribution in [-0.2, 0) is 0 Å². The molecule has 0 aromatic heterocycles.